The second kappa shape index (κ2) is 8.06. The normalized spacial score (nSPS) is 19.9. The maximum atomic E-state index is 12.4. The van der Waals surface area contributed by atoms with E-state index in [4.69, 9.17) is 0 Å². The molecule has 0 aromatic heterocycles. The topological polar surface area (TPSA) is 49.4 Å². The predicted octanol–water partition coefficient (Wildman–Crippen LogP) is 2.54. The number of hydrogen-bond donors (Lipinski definition) is 1. The fourth-order valence-corrected chi connectivity index (χ4v) is 4.55. The lowest BCUT2D eigenvalue weighted by Crippen LogP contribution is -2.49. The quantitative estimate of drug-likeness (QED) is 0.891. The molecule has 0 saturated carbocycles. The fourth-order valence-electron chi connectivity index (χ4n) is 3.67. The zero-order chi connectivity index (χ0) is 16.9. The molecule has 5 heteroatoms. The summed E-state index contributed by atoms with van der Waals surface area (Å²) in [6, 6.07) is 6.88. The molecule has 24 heavy (non-hydrogen) atoms. The van der Waals surface area contributed by atoms with E-state index in [1.807, 2.05) is 4.90 Å². The zero-order valence-electron chi connectivity index (χ0n) is 14.3. The standard InChI is InChI=1S/C19H26N2O2S/c1-14(22)20-18-6-3-9-21(11-18)19(23)13-24-12-15-7-8-16-4-2-5-17(16)10-15/h7-8,10,18H,2-6,9,11-13H2,1H3,(H,20,22)/t18-/m0/s1. The van der Waals surface area contributed by atoms with Gasteiger partial charge in [-0.2, -0.15) is 0 Å². The Bertz CT molecular complexity index is 617. The van der Waals surface area contributed by atoms with Crippen LogP contribution in [0.2, 0.25) is 0 Å². The summed E-state index contributed by atoms with van der Waals surface area (Å²) < 4.78 is 0. The summed E-state index contributed by atoms with van der Waals surface area (Å²) in [7, 11) is 0. The molecule has 1 aromatic carbocycles. The Kier molecular flexibility index (Phi) is 5.82. The third kappa shape index (κ3) is 4.53. The third-order valence-corrected chi connectivity index (χ3v) is 5.83. The summed E-state index contributed by atoms with van der Waals surface area (Å²) >= 11 is 1.69. The van der Waals surface area contributed by atoms with E-state index >= 15 is 0 Å². The number of benzene rings is 1. The van der Waals surface area contributed by atoms with Crippen LogP contribution >= 0.6 is 11.8 Å². The number of thioether (sulfide) groups is 1. The highest BCUT2D eigenvalue weighted by molar-refractivity contribution is 7.99. The number of nitrogens with one attached hydrogen (secondary N) is 1. The van der Waals surface area contributed by atoms with E-state index in [-0.39, 0.29) is 17.9 Å². The number of amides is 2. The largest absolute Gasteiger partial charge is 0.352 e. The van der Waals surface area contributed by atoms with Crippen LogP contribution in [-0.4, -0.2) is 41.6 Å². The molecule has 130 valence electrons. The molecule has 1 saturated heterocycles. The molecular formula is C19H26N2O2S. The fraction of sp³-hybridized carbons (Fsp3) is 0.579. The van der Waals surface area contributed by atoms with Gasteiger partial charge < -0.3 is 10.2 Å². The number of carbonyl (C=O) groups is 2. The van der Waals surface area contributed by atoms with E-state index < -0.39 is 0 Å². The Balaban J connectivity index is 1.44. The summed E-state index contributed by atoms with van der Waals surface area (Å²) in [5.41, 5.74) is 4.31. The summed E-state index contributed by atoms with van der Waals surface area (Å²) in [4.78, 5) is 25.5. The SMILES string of the molecule is CC(=O)N[C@H]1CCCN(C(=O)CSCc2ccc3c(c2)CCC3)C1. The average Bonchev–Trinajstić information content (AvgIpc) is 3.02. The highest BCUT2D eigenvalue weighted by Gasteiger charge is 2.23. The molecule has 3 rings (SSSR count). The summed E-state index contributed by atoms with van der Waals surface area (Å²) in [6.45, 7) is 3.00. The molecule has 4 nitrogen and oxygen atoms in total. The van der Waals surface area contributed by atoms with E-state index in [2.05, 4.69) is 23.5 Å². The summed E-state index contributed by atoms with van der Waals surface area (Å²) in [5.74, 6) is 1.59. The molecular weight excluding hydrogens is 320 g/mol. The van der Waals surface area contributed by atoms with Crippen molar-refractivity contribution in [3.8, 4) is 0 Å². The number of likely N-dealkylation sites (tertiary alicyclic amines) is 1. The van der Waals surface area contributed by atoms with Gasteiger partial charge in [0.2, 0.25) is 11.8 Å². The predicted molar refractivity (Wildman–Crippen MR) is 98.0 cm³/mol. The van der Waals surface area contributed by atoms with Gasteiger partial charge in [-0.05, 0) is 48.8 Å². The van der Waals surface area contributed by atoms with E-state index in [0.717, 1.165) is 25.1 Å². The van der Waals surface area contributed by atoms with Crippen molar-refractivity contribution in [2.75, 3.05) is 18.8 Å². The maximum absolute atomic E-state index is 12.4. The van der Waals surface area contributed by atoms with Gasteiger partial charge in [0, 0.05) is 31.8 Å². The molecule has 1 aromatic rings. The van der Waals surface area contributed by atoms with Crippen LogP contribution < -0.4 is 5.32 Å². The summed E-state index contributed by atoms with van der Waals surface area (Å²) in [5, 5.41) is 2.93. The van der Waals surface area contributed by atoms with Crippen LogP contribution in [0.3, 0.4) is 0 Å². The number of rotatable bonds is 5. The molecule has 1 fully saturated rings. The van der Waals surface area contributed by atoms with Crippen molar-refractivity contribution in [3.05, 3.63) is 34.9 Å². The van der Waals surface area contributed by atoms with Gasteiger partial charge in [0.15, 0.2) is 0 Å². The first-order valence-electron chi connectivity index (χ1n) is 8.85. The van der Waals surface area contributed by atoms with E-state index in [0.29, 0.717) is 12.3 Å². The van der Waals surface area contributed by atoms with E-state index in [1.165, 1.54) is 42.9 Å². The minimum atomic E-state index is -0.0136. The van der Waals surface area contributed by atoms with Gasteiger partial charge in [-0.3, -0.25) is 9.59 Å². The van der Waals surface area contributed by atoms with Crippen LogP contribution in [0.5, 0.6) is 0 Å². The van der Waals surface area contributed by atoms with Gasteiger partial charge in [-0.15, -0.1) is 11.8 Å². The average molecular weight is 346 g/mol. The Labute approximate surface area is 148 Å². The van der Waals surface area contributed by atoms with Crippen LogP contribution in [0.4, 0.5) is 0 Å². The molecule has 2 amide bonds. The van der Waals surface area contributed by atoms with Gasteiger partial charge in [-0.1, -0.05) is 18.2 Å². The van der Waals surface area contributed by atoms with Gasteiger partial charge in [0.05, 0.1) is 5.75 Å². The minimum absolute atomic E-state index is 0.0136. The molecule has 1 N–H and O–H groups in total. The molecule has 0 spiro atoms. The molecule has 0 radical (unpaired) electrons. The van der Waals surface area contributed by atoms with Crippen molar-refractivity contribution in [2.24, 2.45) is 0 Å². The molecule has 2 aliphatic rings. The number of aryl methyl sites for hydroxylation is 2. The third-order valence-electron chi connectivity index (χ3n) is 4.84. The van der Waals surface area contributed by atoms with Gasteiger partial charge >= 0.3 is 0 Å². The zero-order valence-corrected chi connectivity index (χ0v) is 15.2. The monoisotopic (exact) mass is 346 g/mol. The first-order valence-corrected chi connectivity index (χ1v) is 10.0. The van der Waals surface area contributed by atoms with E-state index in [1.54, 1.807) is 11.8 Å². The van der Waals surface area contributed by atoms with Gasteiger partial charge in [0.25, 0.3) is 0 Å². The van der Waals surface area contributed by atoms with Crippen molar-refractivity contribution in [1.82, 2.24) is 10.2 Å². The Hall–Kier alpha value is -1.49. The number of hydrogen-bond acceptors (Lipinski definition) is 3. The van der Waals surface area contributed by atoms with Crippen molar-refractivity contribution >= 4 is 23.6 Å². The van der Waals surface area contributed by atoms with Crippen LogP contribution in [0.25, 0.3) is 0 Å². The Morgan fingerprint density at radius 3 is 2.92 bits per heavy atom. The first kappa shape index (κ1) is 17.3. The molecule has 1 heterocycles. The minimum Gasteiger partial charge on any atom is -0.352 e. The van der Waals surface area contributed by atoms with Crippen LogP contribution in [-0.2, 0) is 28.2 Å². The van der Waals surface area contributed by atoms with Crippen molar-refractivity contribution in [3.63, 3.8) is 0 Å². The summed E-state index contributed by atoms with van der Waals surface area (Å²) in [6.07, 6.45) is 5.61. The second-order valence-electron chi connectivity index (χ2n) is 6.83. The van der Waals surface area contributed by atoms with E-state index in [9.17, 15) is 9.59 Å². The Morgan fingerprint density at radius 1 is 1.25 bits per heavy atom. The molecule has 1 aliphatic carbocycles. The highest BCUT2D eigenvalue weighted by atomic mass is 32.2. The lowest BCUT2D eigenvalue weighted by atomic mass is 10.1. The number of carbonyl (C=O) groups excluding carboxylic acids is 2. The van der Waals surface area contributed by atoms with Gasteiger partial charge in [0.1, 0.15) is 0 Å². The smallest absolute Gasteiger partial charge is 0.232 e. The van der Waals surface area contributed by atoms with Crippen molar-refractivity contribution < 1.29 is 9.59 Å². The molecule has 0 unspecified atom stereocenters. The maximum Gasteiger partial charge on any atom is 0.232 e. The molecule has 1 aliphatic heterocycles. The second-order valence-corrected chi connectivity index (χ2v) is 7.81. The number of piperidine rings is 1. The van der Waals surface area contributed by atoms with Crippen LogP contribution in [0, 0.1) is 0 Å². The highest BCUT2D eigenvalue weighted by Crippen LogP contribution is 2.24. The lowest BCUT2D eigenvalue weighted by Gasteiger charge is -2.33. The number of fused-ring (bicyclic) bond motifs is 1. The molecule has 0 bridgehead atoms. The Morgan fingerprint density at radius 2 is 2.08 bits per heavy atom. The van der Waals surface area contributed by atoms with Crippen molar-refractivity contribution in [1.29, 1.82) is 0 Å². The van der Waals surface area contributed by atoms with Crippen LogP contribution in [0.1, 0.15) is 42.9 Å². The van der Waals surface area contributed by atoms with Gasteiger partial charge in [-0.25, -0.2) is 0 Å². The van der Waals surface area contributed by atoms with Crippen molar-refractivity contribution in [2.45, 2.75) is 50.8 Å². The number of nitrogens with zero attached hydrogens (tertiary/aromatic N) is 1. The molecule has 1 atom stereocenters. The first-order chi connectivity index (χ1) is 11.6. The van der Waals surface area contributed by atoms with Crippen LogP contribution in [0.15, 0.2) is 18.2 Å². The lowest BCUT2D eigenvalue weighted by molar-refractivity contribution is -0.130.